The van der Waals surface area contributed by atoms with E-state index in [-0.39, 0.29) is 0 Å². The normalized spacial score (nSPS) is 12.3. The molecule has 0 amide bonds. The van der Waals surface area contributed by atoms with E-state index in [1.54, 1.807) is 11.3 Å². The van der Waals surface area contributed by atoms with Crippen molar-refractivity contribution in [3.63, 3.8) is 0 Å². The van der Waals surface area contributed by atoms with E-state index in [4.69, 9.17) is 9.72 Å². The third kappa shape index (κ3) is 3.28. The number of benzene rings is 2. The molecule has 1 aliphatic carbocycles. The van der Waals surface area contributed by atoms with Gasteiger partial charge < -0.3 is 14.6 Å². The van der Waals surface area contributed by atoms with Crippen LogP contribution in [0, 0.1) is 0 Å². The van der Waals surface area contributed by atoms with Crippen LogP contribution in [0.3, 0.4) is 0 Å². The Morgan fingerprint density at radius 1 is 1.12 bits per heavy atom. The molecular formula is C20H16NO3S-. The highest BCUT2D eigenvalue weighted by molar-refractivity contribution is 7.12. The summed E-state index contributed by atoms with van der Waals surface area (Å²) in [5, 5.41) is 11.8. The third-order valence-corrected chi connectivity index (χ3v) is 5.39. The van der Waals surface area contributed by atoms with Crippen LogP contribution in [0.4, 0.5) is 0 Å². The maximum atomic E-state index is 10.7. The van der Waals surface area contributed by atoms with Crippen LogP contribution in [-0.2, 0) is 24.1 Å². The van der Waals surface area contributed by atoms with Crippen molar-refractivity contribution in [1.82, 2.24) is 4.98 Å². The van der Waals surface area contributed by atoms with Crippen molar-refractivity contribution < 1.29 is 14.6 Å². The highest BCUT2D eigenvalue weighted by Gasteiger charge is 2.23. The van der Waals surface area contributed by atoms with Crippen LogP contribution in [0.1, 0.15) is 21.0 Å². The summed E-state index contributed by atoms with van der Waals surface area (Å²) in [7, 11) is 0. The van der Waals surface area contributed by atoms with Crippen LogP contribution in [-0.4, -0.2) is 17.6 Å². The summed E-state index contributed by atoms with van der Waals surface area (Å²) in [5.74, 6) is -0.599. The number of carboxylic acids is 1. The van der Waals surface area contributed by atoms with Crippen LogP contribution in [0.2, 0.25) is 0 Å². The summed E-state index contributed by atoms with van der Waals surface area (Å²) < 4.78 is 5.40. The number of nitrogens with zero attached hydrogens (tertiary/aromatic N) is 1. The Hall–Kier alpha value is -2.66. The fourth-order valence-electron chi connectivity index (χ4n) is 3.18. The van der Waals surface area contributed by atoms with E-state index >= 15 is 0 Å². The van der Waals surface area contributed by atoms with Crippen molar-refractivity contribution in [1.29, 1.82) is 0 Å². The number of aliphatic carboxylic acids is 1. The number of carbonyl (C=O) groups excluding carboxylic acids is 1. The Morgan fingerprint density at radius 2 is 1.96 bits per heavy atom. The van der Waals surface area contributed by atoms with Gasteiger partial charge in [-0.2, -0.15) is 0 Å². The van der Waals surface area contributed by atoms with Crippen LogP contribution < -0.4 is 9.84 Å². The van der Waals surface area contributed by atoms with Crippen molar-refractivity contribution >= 4 is 17.3 Å². The van der Waals surface area contributed by atoms with Crippen LogP contribution >= 0.6 is 11.3 Å². The van der Waals surface area contributed by atoms with Gasteiger partial charge in [0, 0.05) is 22.4 Å². The second kappa shape index (κ2) is 6.69. The van der Waals surface area contributed by atoms with Gasteiger partial charge in [-0.1, -0.05) is 42.5 Å². The summed E-state index contributed by atoms with van der Waals surface area (Å²) in [6, 6.07) is 16.0. The van der Waals surface area contributed by atoms with Crippen molar-refractivity contribution in [2.75, 3.05) is 6.61 Å². The number of aromatic nitrogens is 1. The van der Waals surface area contributed by atoms with E-state index in [0.29, 0.717) is 5.75 Å². The van der Waals surface area contributed by atoms with Gasteiger partial charge in [-0.3, -0.25) is 0 Å². The summed E-state index contributed by atoms with van der Waals surface area (Å²) in [6.07, 6.45) is 2.56. The van der Waals surface area contributed by atoms with Crippen LogP contribution in [0.5, 0.6) is 5.75 Å². The van der Waals surface area contributed by atoms with Gasteiger partial charge >= 0.3 is 0 Å². The number of carbonyl (C=O) groups is 1. The maximum Gasteiger partial charge on any atom is 0.128 e. The van der Waals surface area contributed by atoms with Gasteiger partial charge in [0.05, 0.1) is 16.7 Å². The lowest BCUT2D eigenvalue weighted by molar-refractivity contribution is -0.307. The Kier molecular flexibility index (Phi) is 4.24. The van der Waals surface area contributed by atoms with Gasteiger partial charge in [0.2, 0.25) is 0 Å². The molecule has 0 radical (unpaired) electrons. The minimum absolute atomic E-state index is 0.431. The molecule has 0 bridgehead atoms. The van der Waals surface area contributed by atoms with E-state index in [9.17, 15) is 9.90 Å². The SMILES string of the molecule is O=C([O-])COc1cccc2c1CCc1sc(Cc3ccccc3)nc1-2. The quantitative estimate of drug-likeness (QED) is 0.710. The number of hydrogen-bond acceptors (Lipinski definition) is 5. The minimum atomic E-state index is -1.21. The zero-order valence-corrected chi connectivity index (χ0v) is 14.3. The number of ether oxygens (including phenoxy) is 1. The minimum Gasteiger partial charge on any atom is -0.546 e. The first-order chi connectivity index (χ1) is 12.2. The largest absolute Gasteiger partial charge is 0.546 e. The fraction of sp³-hybridized carbons (Fsp3) is 0.200. The lowest BCUT2D eigenvalue weighted by Crippen LogP contribution is -2.29. The Morgan fingerprint density at radius 3 is 2.76 bits per heavy atom. The van der Waals surface area contributed by atoms with E-state index < -0.39 is 12.6 Å². The monoisotopic (exact) mass is 350 g/mol. The molecule has 25 heavy (non-hydrogen) atoms. The molecule has 0 spiro atoms. The number of rotatable bonds is 5. The number of hydrogen-bond donors (Lipinski definition) is 0. The third-order valence-electron chi connectivity index (χ3n) is 4.28. The van der Waals surface area contributed by atoms with E-state index in [0.717, 1.165) is 41.1 Å². The molecule has 0 fully saturated rings. The Balaban J connectivity index is 1.65. The molecule has 4 rings (SSSR count). The van der Waals surface area contributed by atoms with E-state index in [1.807, 2.05) is 36.4 Å². The van der Waals surface area contributed by atoms with Gasteiger partial charge in [-0.25, -0.2) is 4.98 Å². The van der Waals surface area contributed by atoms with Crippen molar-refractivity contribution in [3.8, 4) is 17.0 Å². The lowest BCUT2D eigenvalue weighted by Gasteiger charge is -2.19. The molecule has 5 heteroatoms. The molecule has 0 atom stereocenters. The molecule has 2 aromatic carbocycles. The maximum absolute atomic E-state index is 10.7. The average Bonchev–Trinajstić information content (AvgIpc) is 3.03. The molecule has 4 nitrogen and oxygen atoms in total. The van der Waals surface area contributed by atoms with Crippen molar-refractivity contribution in [3.05, 3.63) is 69.5 Å². The summed E-state index contributed by atoms with van der Waals surface area (Å²) >= 11 is 1.76. The first kappa shape index (κ1) is 15.8. The molecule has 126 valence electrons. The lowest BCUT2D eigenvalue weighted by atomic mass is 9.92. The van der Waals surface area contributed by atoms with Crippen LogP contribution in [0.25, 0.3) is 11.3 Å². The summed E-state index contributed by atoms with van der Waals surface area (Å²) in [4.78, 5) is 16.8. The highest BCUT2D eigenvalue weighted by Crippen LogP contribution is 2.40. The fourth-order valence-corrected chi connectivity index (χ4v) is 4.30. The second-order valence-electron chi connectivity index (χ2n) is 5.98. The molecule has 1 heterocycles. The molecule has 0 saturated carbocycles. The molecule has 3 aromatic rings. The van der Waals surface area contributed by atoms with Gasteiger partial charge in [-0.15, -0.1) is 11.3 Å². The summed E-state index contributed by atoms with van der Waals surface area (Å²) in [6.45, 7) is -0.431. The zero-order valence-electron chi connectivity index (χ0n) is 13.5. The van der Waals surface area contributed by atoms with E-state index in [2.05, 4.69) is 12.1 Å². The smallest absolute Gasteiger partial charge is 0.128 e. The van der Waals surface area contributed by atoms with Gasteiger partial charge in [0.15, 0.2) is 0 Å². The molecular weight excluding hydrogens is 334 g/mol. The van der Waals surface area contributed by atoms with Crippen molar-refractivity contribution in [2.24, 2.45) is 0 Å². The predicted molar refractivity (Wildman–Crippen MR) is 94.7 cm³/mol. The van der Waals surface area contributed by atoms with Gasteiger partial charge in [-0.05, 0) is 24.5 Å². The predicted octanol–water partition coefficient (Wildman–Crippen LogP) is 2.63. The second-order valence-corrected chi connectivity index (χ2v) is 7.15. The number of thiazole rings is 1. The first-order valence-electron chi connectivity index (χ1n) is 8.18. The van der Waals surface area contributed by atoms with E-state index in [1.165, 1.54) is 10.4 Å². The molecule has 0 saturated heterocycles. The standard InChI is InChI=1S/C20H17NO3S/c22-19(23)12-24-16-8-4-7-15-14(16)9-10-17-20(15)21-18(25-17)11-13-5-2-1-3-6-13/h1-8H,9-12H2,(H,22,23)/p-1. The number of carboxylic acid groups (broad SMARTS) is 1. The molecule has 1 aliphatic rings. The topological polar surface area (TPSA) is 62.2 Å². The zero-order chi connectivity index (χ0) is 17.2. The average molecular weight is 350 g/mol. The number of aryl methyl sites for hydroxylation is 1. The van der Waals surface area contributed by atoms with Gasteiger partial charge in [0.1, 0.15) is 12.4 Å². The molecule has 0 unspecified atom stereocenters. The first-order valence-corrected chi connectivity index (χ1v) is 9.00. The van der Waals surface area contributed by atoms with Gasteiger partial charge in [0.25, 0.3) is 0 Å². The van der Waals surface area contributed by atoms with Crippen LogP contribution in [0.15, 0.2) is 48.5 Å². The summed E-state index contributed by atoms with van der Waals surface area (Å²) in [5.41, 5.74) is 4.34. The Labute approximate surface area is 149 Å². The molecule has 1 aromatic heterocycles. The molecule has 0 aliphatic heterocycles. The number of fused-ring (bicyclic) bond motifs is 3. The Bertz CT molecular complexity index is 918. The molecule has 0 N–H and O–H groups in total. The highest BCUT2D eigenvalue weighted by atomic mass is 32.1. The van der Waals surface area contributed by atoms with Crippen molar-refractivity contribution in [2.45, 2.75) is 19.3 Å².